The lowest BCUT2D eigenvalue weighted by atomic mass is 9.99. The number of rotatable bonds is 4. The summed E-state index contributed by atoms with van der Waals surface area (Å²) >= 11 is 6.25. The van der Waals surface area contributed by atoms with Gasteiger partial charge < -0.3 is 10.3 Å². The van der Waals surface area contributed by atoms with Crippen molar-refractivity contribution in [2.24, 2.45) is 5.92 Å². The van der Waals surface area contributed by atoms with Gasteiger partial charge >= 0.3 is 6.18 Å². The number of H-pyrrole nitrogens is 1. The van der Waals surface area contributed by atoms with Crippen LogP contribution in [0.5, 0.6) is 0 Å². The Morgan fingerprint density at radius 3 is 2.70 bits per heavy atom. The molecule has 0 amide bonds. The minimum atomic E-state index is -4.68. The number of anilines is 1. The van der Waals surface area contributed by atoms with Gasteiger partial charge in [-0.2, -0.15) is 17.6 Å². The van der Waals surface area contributed by atoms with Crippen molar-refractivity contribution >= 4 is 17.3 Å². The van der Waals surface area contributed by atoms with Crippen LogP contribution in [-0.4, -0.2) is 34.5 Å². The van der Waals surface area contributed by atoms with E-state index in [2.05, 4.69) is 32.2 Å². The number of imidazole rings is 1. The average Bonchev–Trinajstić information content (AvgIpc) is 3.28. The Morgan fingerprint density at radius 1 is 1.07 bits per heavy atom. The summed E-state index contributed by atoms with van der Waals surface area (Å²) in [7, 11) is 0. The molecule has 0 spiro atoms. The summed E-state index contributed by atoms with van der Waals surface area (Å²) in [6.45, 7) is 3.98. The maximum Gasteiger partial charge on any atom is 0.436 e. The van der Waals surface area contributed by atoms with Gasteiger partial charge in [0, 0.05) is 39.5 Å². The summed E-state index contributed by atoms with van der Waals surface area (Å²) in [5.74, 6) is -0.00300. The molecule has 0 radical (unpaired) electrons. The van der Waals surface area contributed by atoms with E-state index < -0.39 is 29.4 Å². The number of nitrogens with one attached hydrogen (secondary N) is 2. The second-order valence-electron chi connectivity index (χ2n) is 11.3. The number of hydrogen-bond acceptors (Lipinski definition) is 6. The zero-order chi connectivity index (χ0) is 30.5. The van der Waals surface area contributed by atoms with Gasteiger partial charge in [0.25, 0.3) is 5.56 Å². The lowest BCUT2D eigenvalue weighted by Crippen LogP contribution is -2.27. The highest BCUT2D eigenvalue weighted by Crippen LogP contribution is 2.60. The highest BCUT2D eigenvalue weighted by Gasteiger charge is 2.56. The molecule has 3 aromatic heterocycles. The number of halogens is 5. The largest absolute Gasteiger partial charge is 0.436 e. The minimum Gasteiger partial charge on any atom is -0.359 e. The molecule has 1 fully saturated rings. The standard InChI is InChI=1S/C30H21ClF4N8O/c1-13-2-3-14-8-15(4-6-20(14)36-13)28-38-25(27(32)39-28)26-17-10-18(17)29-37-21(11-24(44)43(26)29)19-9-16(31)5-7-22(19)42-12-23(40-41-42)30(33,34)35/h4-9,11-12,17-18,26,36H,1-3,10H2,(H,38,39). The molecule has 2 N–H and O–H groups in total. The molecule has 0 bridgehead atoms. The normalized spacial score (nSPS) is 20.2. The molecule has 5 aromatic rings. The van der Waals surface area contributed by atoms with Crippen molar-refractivity contribution in [1.29, 1.82) is 0 Å². The quantitative estimate of drug-likeness (QED) is 0.229. The molecule has 3 atom stereocenters. The van der Waals surface area contributed by atoms with Crippen molar-refractivity contribution in [2.75, 3.05) is 5.32 Å². The fraction of sp³-hybridized carbons (Fsp3) is 0.233. The SMILES string of the molecule is C=C1CCc2cc(-c3nc(F)c(C4C5CC5c5nc(-c6cc(Cl)ccc6-n6cc(C(F)(F)F)nn6)cc(=O)n54)[nH]3)ccc2N1. The third-order valence-electron chi connectivity index (χ3n) is 8.47. The van der Waals surface area contributed by atoms with E-state index in [-0.39, 0.29) is 28.9 Å². The number of aromatic nitrogens is 7. The number of fused-ring (bicyclic) bond motifs is 4. The monoisotopic (exact) mass is 620 g/mol. The van der Waals surface area contributed by atoms with E-state index in [9.17, 15) is 18.0 Å². The van der Waals surface area contributed by atoms with Crippen LogP contribution >= 0.6 is 11.6 Å². The zero-order valence-corrected chi connectivity index (χ0v) is 23.4. The van der Waals surface area contributed by atoms with Crippen LogP contribution in [0.4, 0.5) is 23.2 Å². The van der Waals surface area contributed by atoms with E-state index in [0.717, 1.165) is 46.2 Å². The number of alkyl halides is 3. The molecule has 3 unspecified atom stereocenters. The molecule has 0 saturated heterocycles. The third-order valence-corrected chi connectivity index (χ3v) is 8.70. The maximum atomic E-state index is 15.5. The summed E-state index contributed by atoms with van der Waals surface area (Å²) < 4.78 is 57.5. The number of nitrogens with zero attached hydrogens (tertiary/aromatic N) is 6. The second kappa shape index (κ2) is 9.36. The smallest absolute Gasteiger partial charge is 0.359 e. The molecule has 8 rings (SSSR count). The summed E-state index contributed by atoms with van der Waals surface area (Å²) in [5.41, 5.74) is 3.05. The fourth-order valence-electron chi connectivity index (χ4n) is 6.31. The van der Waals surface area contributed by atoms with Crippen LogP contribution in [-0.2, 0) is 12.6 Å². The van der Waals surface area contributed by atoms with Crippen LogP contribution in [0.3, 0.4) is 0 Å². The Bertz CT molecular complexity index is 2080. The molecule has 5 heterocycles. The second-order valence-corrected chi connectivity index (χ2v) is 11.7. The van der Waals surface area contributed by atoms with E-state index in [0.29, 0.717) is 28.7 Å². The zero-order valence-electron chi connectivity index (χ0n) is 22.7. The van der Waals surface area contributed by atoms with Gasteiger partial charge in [0.2, 0.25) is 5.95 Å². The van der Waals surface area contributed by atoms with Crippen LogP contribution in [0.25, 0.3) is 28.3 Å². The Kier molecular flexibility index (Phi) is 5.70. The van der Waals surface area contributed by atoms with Gasteiger partial charge in [-0.1, -0.05) is 23.4 Å². The van der Waals surface area contributed by atoms with E-state index >= 15 is 4.39 Å². The maximum absolute atomic E-state index is 15.5. The highest BCUT2D eigenvalue weighted by molar-refractivity contribution is 6.31. The van der Waals surface area contributed by atoms with Gasteiger partial charge in [-0.05, 0) is 67.1 Å². The molecule has 2 aliphatic heterocycles. The highest BCUT2D eigenvalue weighted by atomic mass is 35.5. The molecule has 1 aliphatic carbocycles. The van der Waals surface area contributed by atoms with Crippen LogP contribution < -0.4 is 10.9 Å². The Hall–Kier alpha value is -4.78. The van der Waals surface area contributed by atoms with Gasteiger partial charge in [-0.15, -0.1) is 5.10 Å². The third kappa shape index (κ3) is 4.25. The predicted octanol–water partition coefficient (Wildman–Crippen LogP) is 6.27. The summed E-state index contributed by atoms with van der Waals surface area (Å²) in [6, 6.07) is 10.9. The first kappa shape index (κ1) is 26.8. The molecule has 222 valence electrons. The first-order chi connectivity index (χ1) is 21.0. The van der Waals surface area contributed by atoms with Crippen molar-refractivity contribution in [3.63, 3.8) is 0 Å². The van der Waals surface area contributed by atoms with Crippen LogP contribution in [0.2, 0.25) is 5.02 Å². The molecule has 2 aromatic carbocycles. The Balaban J connectivity index is 1.17. The summed E-state index contributed by atoms with van der Waals surface area (Å²) in [5, 5.41) is 10.4. The predicted molar refractivity (Wildman–Crippen MR) is 153 cm³/mol. The molecular weight excluding hydrogens is 600 g/mol. The molecular formula is C30H21ClF4N8O. The lowest BCUT2D eigenvalue weighted by Gasteiger charge is -2.20. The van der Waals surface area contributed by atoms with Gasteiger partial charge in [-0.3, -0.25) is 9.36 Å². The van der Waals surface area contributed by atoms with E-state index in [1.165, 1.54) is 28.8 Å². The number of benzene rings is 2. The number of hydrogen-bond donors (Lipinski definition) is 2. The van der Waals surface area contributed by atoms with Crippen molar-refractivity contribution in [3.05, 3.63) is 105 Å². The topological polar surface area (TPSA) is 106 Å². The number of allylic oxidation sites excluding steroid dienone is 1. The van der Waals surface area contributed by atoms with Crippen LogP contribution in [0, 0.1) is 11.9 Å². The molecule has 9 nitrogen and oxygen atoms in total. The van der Waals surface area contributed by atoms with E-state index in [1.807, 2.05) is 18.2 Å². The van der Waals surface area contributed by atoms with Crippen molar-refractivity contribution in [1.82, 2.24) is 34.5 Å². The molecule has 14 heteroatoms. The number of aryl methyl sites for hydroxylation is 1. The van der Waals surface area contributed by atoms with E-state index in [1.54, 1.807) is 0 Å². The van der Waals surface area contributed by atoms with Crippen LogP contribution in [0.15, 0.2) is 65.7 Å². The Morgan fingerprint density at radius 2 is 1.91 bits per heavy atom. The van der Waals surface area contributed by atoms with Crippen molar-refractivity contribution in [2.45, 2.75) is 37.4 Å². The molecule has 3 aliphatic rings. The fourth-order valence-corrected chi connectivity index (χ4v) is 6.49. The number of aromatic amines is 1. The van der Waals surface area contributed by atoms with Gasteiger partial charge in [0.05, 0.1) is 29.3 Å². The summed E-state index contributed by atoms with van der Waals surface area (Å²) in [4.78, 5) is 25.7. The molecule has 44 heavy (non-hydrogen) atoms. The summed E-state index contributed by atoms with van der Waals surface area (Å²) in [6.07, 6.45) is -1.61. The van der Waals surface area contributed by atoms with Crippen molar-refractivity contribution < 1.29 is 17.6 Å². The first-order valence-electron chi connectivity index (χ1n) is 13.8. The molecule has 1 saturated carbocycles. The van der Waals surface area contributed by atoms with Gasteiger partial charge in [0.1, 0.15) is 11.6 Å². The minimum absolute atomic E-state index is 0.0597. The first-order valence-corrected chi connectivity index (χ1v) is 14.2. The van der Waals surface area contributed by atoms with Gasteiger partial charge in [-0.25, -0.2) is 14.6 Å². The van der Waals surface area contributed by atoms with Crippen molar-refractivity contribution in [3.8, 4) is 28.3 Å². The lowest BCUT2D eigenvalue weighted by molar-refractivity contribution is -0.141. The average molecular weight is 621 g/mol. The Labute approximate surface area is 251 Å². The van der Waals surface area contributed by atoms with Gasteiger partial charge in [0.15, 0.2) is 5.69 Å². The van der Waals surface area contributed by atoms with Crippen LogP contribution in [0.1, 0.15) is 47.6 Å². The van der Waals surface area contributed by atoms with E-state index in [4.69, 9.17) is 16.6 Å².